The van der Waals surface area contributed by atoms with Crippen LogP contribution < -0.4 is 27.4 Å². The summed E-state index contributed by atoms with van der Waals surface area (Å²) in [5.41, 5.74) is 11.4. The number of rotatable bonds is 15. The number of carboxylic acids is 1. The Bertz CT molecular complexity index is 739. The minimum absolute atomic E-state index is 0.0432. The van der Waals surface area contributed by atoms with E-state index in [1.54, 1.807) is 20.0 Å². The van der Waals surface area contributed by atoms with Crippen molar-refractivity contribution in [2.75, 3.05) is 13.1 Å². The Morgan fingerprint density at radius 3 is 2.28 bits per heavy atom. The van der Waals surface area contributed by atoms with E-state index in [1.807, 2.05) is 0 Å². The summed E-state index contributed by atoms with van der Waals surface area (Å²) in [4.78, 5) is 56.1. The number of aromatic amines is 1. The molecular formula is C20H35N7O5. The van der Waals surface area contributed by atoms with E-state index in [0.29, 0.717) is 25.1 Å². The first-order valence-corrected chi connectivity index (χ1v) is 10.7. The van der Waals surface area contributed by atoms with Gasteiger partial charge in [0.25, 0.3) is 0 Å². The Kier molecular flexibility index (Phi) is 12.0. The number of carboxylic acid groups (broad SMARTS) is 1. The van der Waals surface area contributed by atoms with E-state index < -0.39 is 41.8 Å². The highest BCUT2D eigenvalue weighted by atomic mass is 16.4. The van der Waals surface area contributed by atoms with Crippen molar-refractivity contribution < 1.29 is 24.3 Å². The molecule has 0 aliphatic rings. The molecule has 0 aromatic carbocycles. The lowest BCUT2D eigenvalue weighted by molar-refractivity contribution is -0.142. The van der Waals surface area contributed by atoms with Gasteiger partial charge in [-0.15, -0.1) is 0 Å². The molecule has 12 heteroatoms. The third kappa shape index (κ3) is 9.43. The van der Waals surface area contributed by atoms with Crippen LogP contribution in [0.15, 0.2) is 12.5 Å². The first kappa shape index (κ1) is 27.0. The average Bonchev–Trinajstić information content (AvgIpc) is 3.23. The fourth-order valence-corrected chi connectivity index (χ4v) is 3.02. The van der Waals surface area contributed by atoms with Gasteiger partial charge in [-0.25, -0.2) is 9.78 Å². The summed E-state index contributed by atoms with van der Waals surface area (Å²) in [6.45, 7) is 4.01. The zero-order valence-corrected chi connectivity index (χ0v) is 18.6. The topological polar surface area (TPSA) is 205 Å². The summed E-state index contributed by atoms with van der Waals surface area (Å²) < 4.78 is 0. The summed E-state index contributed by atoms with van der Waals surface area (Å²) in [5, 5.41) is 17.1. The van der Waals surface area contributed by atoms with Gasteiger partial charge in [0.15, 0.2) is 0 Å². The smallest absolute Gasteiger partial charge is 0.326 e. The number of hydrogen-bond acceptors (Lipinski definition) is 7. The normalized spacial score (nSPS) is 13.8. The lowest BCUT2D eigenvalue weighted by atomic mass is 10.0. The number of imidazole rings is 1. The van der Waals surface area contributed by atoms with Gasteiger partial charge in [-0.2, -0.15) is 0 Å². The van der Waals surface area contributed by atoms with E-state index in [9.17, 15) is 24.3 Å². The van der Waals surface area contributed by atoms with E-state index in [0.717, 1.165) is 0 Å². The van der Waals surface area contributed by atoms with E-state index in [2.05, 4.69) is 25.9 Å². The number of nitrogens with two attached hydrogens (primary N) is 2. The molecule has 1 aromatic heterocycles. The van der Waals surface area contributed by atoms with Crippen LogP contribution in [0.2, 0.25) is 0 Å². The second-order valence-electron chi connectivity index (χ2n) is 7.84. The monoisotopic (exact) mass is 453 g/mol. The van der Waals surface area contributed by atoms with Crippen molar-refractivity contribution in [3.8, 4) is 0 Å². The SMILES string of the molecule is CC(C)[C@H](NC(=O)[C@H](Cc1c[nH]cn1)NC(=O)CCN)C(=O)N[C@@H](CCCCN)C(=O)O. The molecule has 1 aromatic rings. The number of aromatic nitrogens is 2. The molecule has 0 saturated carbocycles. The van der Waals surface area contributed by atoms with Gasteiger partial charge < -0.3 is 37.5 Å². The molecule has 0 bridgehead atoms. The van der Waals surface area contributed by atoms with E-state index >= 15 is 0 Å². The summed E-state index contributed by atoms with van der Waals surface area (Å²) in [6.07, 6.45) is 4.62. The average molecular weight is 454 g/mol. The van der Waals surface area contributed by atoms with E-state index in [-0.39, 0.29) is 31.7 Å². The third-order valence-electron chi connectivity index (χ3n) is 4.80. The molecule has 12 nitrogen and oxygen atoms in total. The first-order valence-electron chi connectivity index (χ1n) is 10.7. The third-order valence-corrected chi connectivity index (χ3v) is 4.80. The molecule has 180 valence electrons. The Balaban J connectivity index is 2.90. The van der Waals surface area contributed by atoms with Gasteiger partial charge in [-0.1, -0.05) is 13.8 Å². The number of unbranched alkanes of at least 4 members (excludes halogenated alkanes) is 1. The molecular weight excluding hydrogens is 418 g/mol. The van der Waals surface area contributed by atoms with Crippen molar-refractivity contribution in [1.29, 1.82) is 0 Å². The van der Waals surface area contributed by atoms with Crippen LogP contribution >= 0.6 is 0 Å². The fourth-order valence-electron chi connectivity index (χ4n) is 3.02. The van der Waals surface area contributed by atoms with Gasteiger partial charge in [0.1, 0.15) is 18.1 Å². The molecule has 0 radical (unpaired) electrons. The molecule has 9 N–H and O–H groups in total. The summed E-state index contributed by atoms with van der Waals surface area (Å²) in [6, 6.07) is -3.06. The Morgan fingerprint density at radius 1 is 1.03 bits per heavy atom. The second kappa shape index (κ2) is 14.1. The second-order valence-corrected chi connectivity index (χ2v) is 7.84. The molecule has 0 aliphatic heterocycles. The van der Waals surface area contributed by atoms with Crippen LogP contribution in [0.5, 0.6) is 0 Å². The number of nitrogens with zero attached hydrogens (tertiary/aromatic N) is 1. The molecule has 3 amide bonds. The highest BCUT2D eigenvalue weighted by Gasteiger charge is 2.31. The maximum absolute atomic E-state index is 13.0. The summed E-state index contributed by atoms with van der Waals surface area (Å²) in [7, 11) is 0. The van der Waals surface area contributed by atoms with Gasteiger partial charge in [0.2, 0.25) is 17.7 Å². The molecule has 1 heterocycles. The number of H-pyrrole nitrogens is 1. The van der Waals surface area contributed by atoms with Crippen molar-refractivity contribution >= 4 is 23.7 Å². The maximum atomic E-state index is 13.0. The summed E-state index contributed by atoms with van der Waals surface area (Å²) in [5.74, 6) is -3.08. The minimum atomic E-state index is -1.16. The number of carbonyl (C=O) groups is 4. The Morgan fingerprint density at radius 2 is 1.75 bits per heavy atom. The van der Waals surface area contributed by atoms with Gasteiger partial charge in [-0.3, -0.25) is 14.4 Å². The van der Waals surface area contributed by atoms with Crippen molar-refractivity contribution in [2.24, 2.45) is 17.4 Å². The first-order chi connectivity index (χ1) is 15.2. The quantitative estimate of drug-likeness (QED) is 0.157. The van der Waals surface area contributed by atoms with Crippen LogP contribution in [0, 0.1) is 5.92 Å². The number of hydrogen-bond donors (Lipinski definition) is 7. The molecule has 0 spiro atoms. The van der Waals surface area contributed by atoms with Crippen LogP contribution in [0.3, 0.4) is 0 Å². The molecule has 32 heavy (non-hydrogen) atoms. The predicted octanol–water partition coefficient (Wildman–Crippen LogP) is -1.37. The molecule has 1 rings (SSSR count). The van der Waals surface area contributed by atoms with Gasteiger partial charge in [0, 0.05) is 25.6 Å². The number of amides is 3. The zero-order chi connectivity index (χ0) is 24.1. The van der Waals surface area contributed by atoms with Crippen molar-refractivity contribution in [1.82, 2.24) is 25.9 Å². The van der Waals surface area contributed by atoms with Gasteiger partial charge >= 0.3 is 5.97 Å². The minimum Gasteiger partial charge on any atom is -0.480 e. The number of carbonyl (C=O) groups excluding carboxylic acids is 3. The van der Waals surface area contributed by atoms with E-state index in [1.165, 1.54) is 6.33 Å². The van der Waals surface area contributed by atoms with Gasteiger partial charge in [-0.05, 0) is 31.7 Å². The lowest BCUT2D eigenvalue weighted by Gasteiger charge is -2.26. The fraction of sp³-hybridized carbons (Fsp3) is 0.650. The molecule has 0 saturated heterocycles. The standard InChI is InChI=1S/C20H35N7O5/c1-12(2)17(19(30)26-14(20(31)32)5-3-4-7-21)27-18(29)15(25-16(28)6-8-22)9-13-10-23-11-24-13/h10-12,14-15,17H,3-9,21-22H2,1-2H3,(H,23,24)(H,25,28)(H,26,30)(H,27,29)(H,31,32)/t14-,15-,17-/m0/s1. The zero-order valence-electron chi connectivity index (χ0n) is 18.6. The van der Waals surface area contributed by atoms with Crippen LogP contribution in [-0.2, 0) is 25.6 Å². The molecule has 0 fully saturated rings. The van der Waals surface area contributed by atoms with Gasteiger partial charge in [0.05, 0.1) is 12.0 Å². The number of nitrogens with one attached hydrogen (secondary N) is 4. The molecule has 0 unspecified atom stereocenters. The Hall–Kier alpha value is -2.99. The van der Waals surface area contributed by atoms with Crippen LogP contribution in [0.1, 0.15) is 45.2 Å². The predicted molar refractivity (Wildman–Crippen MR) is 117 cm³/mol. The van der Waals surface area contributed by atoms with Crippen LogP contribution in [-0.4, -0.2) is 70.0 Å². The molecule has 3 atom stereocenters. The highest BCUT2D eigenvalue weighted by Crippen LogP contribution is 2.08. The highest BCUT2D eigenvalue weighted by molar-refractivity contribution is 5.93. The summed E-state index contributed by atoms with van der Waals surface area (Å²) >= 11 is 0. The van der Waals surface area contributed by atoms with Crippen molar-refractivity contribution in [2.45, 2.75) is 64.1 Å². The Labute approximate surface area is 187 Å². The lowest BCUT2D eigenvalue weighted by Crippen LogP contribution is -2.57. The van der Waals surface area contributed by atoms with Crippen molar-refractivity contribution in [3.63, 3.8) is 0 Å². The maximum Gasteiger partial charge on any atom is 0.326 e. The molecule has 0 aliphatic carbocycles. The van der Waals surface area contributed by atoms with E-state index in [4.69, 9.17) is 11.5 Å². The van der Waals surface area contributed by atoms with Crippen LogP contribution in [0.25, 0.3) is 0 Å². The largest absolute Gasteiger partial charge is 0.480 e. The van der Waals surface area contributed by atoms with Crippen molar-refractivity contribution in [3.05, 3.63) is 18.2 Å². The number of aliphatic carboxylic acids is 1. The van der Waals surface area contributed by atoms with Crippen LogP contribution in [0.4, 0.5) is 0 Å².